The van der Waals surface area contributed by atoms with Gasteiger partial charge in [-0.15, -0.1) is 15.9 Å². The first kappa shape index (κ1) is 27.6. The highest BCUT2D eigenvalue weighted by atomic mass is 32.3. The van der Waals surface area contributed by atoms with Gasteiger partial charge in [-0.05, 0) is 66.8 Å². The van der Waals surface area contributed by atoms with Gasteiger partial charge in [-0.25, -0.2) is 9.67 Å². The Labute approximate surface area is 239 Å². The predicted molar refractivity (Wildman–Crippen MR) is 153 cm³/mol. The lowest BCUT2D eigenvalue weighted by Crippen LogP contribution is -2.60. The molecule has 41 heavy (non-hydrogen) atoms. The normalized spacial score (nSPS) is 19.1. The van der Waals surface area contributed by atoms with Crippen molar-refractivity contribution >= 4 is 27.8 Å². The summed E-state index contributed by atoms with van der Waals surface area (Å²) in [5, 5.41) is 18.5. The molecule has 6 rings (SSSR count). The first-order valence-electron chi connectivity index (χ1n) is 13.5. The molecule has 4 heterocycles. The van der Waals surface area contributed by atoms with Crippen molar-refractivity contribution in [2.45, 2.75) is 56.7 Å². The van der Waals surface area contributed by atoms with E-state index in [1.165, 1.54) is 0 Å². The number of aryl methyl sites for hydroxylation is 3. The summed E-state index contributed by atoms with van der Waals surface area (Å²) in [5.74, 6) is -1.15. The summed E-state index contributed by atoms with van der Waals surface area (Å²) < 4.78 is 38.1. The Morgan fingerprint density at radius 2 is 1.98 bits per heavy atom. The second-order valence-electron chi connectivity index (χ2n) is 10.8. The molecule has 2 aromatic carbocycles. The molecule has 0 saturated carbocycles. The maximum atomic E-state index is 12.1. The zero-order valence-corrected chi connectivity index (χ0v) is 24.0. The molecule has 4 aromatic rings. The molecule has 2 aliphatic heterocycles. The van der Waals surface area contributed by atoms with E-state index < -0.39 is 28.3 Å². The maximum Gasteiger partial charge on any atom is 0.304 e. The number of nitrogens with zero attached hydrogens (tertiary/aromatic N) is 5. The van der Waals surface area contributed by atoms with Crippen LogP contribution in [0, 0.1) is 13.8 Å². The summed E-state index contributed by atoms with van der Waals surface area (Å²) in [4.78, 5) is 16.6. The van der Waals surface area contributed by atoms with Crippen LogP contribution < -0.4 is 4.74 Å². The molecule has 1 saturated heterocycles. The number of pyridine rings is 1. The highest BCUT2D eigenvalue weighted by Crippen LogP contribution is 2.58. The van der Waals surface area contributed by atoms with Gasteiger partial charge in [0.05, 0.1) is 31.7 Å². The van der Waals surface area contributed by atoms with Gasteiger partial charge in [-0.1, -0.05) is 29.5 Å². The van der Waals surface area contributed by atoms with Crippen molar-refractivity contribution in [2.75, 3.05) is 19.8 Å². The summed E-state index contributed by atoms with van der Waals surface area (Å²) in [6.45, 7) is 7.68. The van der Waals surface area contributed by atoms with Crippen LogP contribution in [0.15, 0.2) is 53.6 Å². The molecule has 1 fully saturated rings. The fourth-order valence-corrected chi connectivity index (χ4v) is 7.32. The summed E-state index contributed by atoms with van der Waals surface area (Å²) in [7, 11) is -3.44. The number of fused-ring (bicyclic) bond motifs is 2. The van der Waals surface area contributed by atoms with Crippen LogP contribution >= 0.6 is 10.8 Å². The van der Waals surface area contributed by atoms with Gasteiger partial charge in [0.2, 0.25) is 5.88 Å². The van der Waals surface area contributed by atoms with E-state index in [2.05, 4.69) is 15.3 Å². The summed E-state index contributed by atoms with van der Waals surface area (Å²) in [6.07, 6.45) is 1.46. The van der Waals surface area contributed by atoms with E-state index in [0.29, 0.717) is 19.8 Å². The Morgan fingerprint density at radius 3 is 2.68 bits per heavy atom. The standard InChI is InChI=1S/C29H33N5O6S/c1-4-34-24-10-9-22(19(3)27(24)31-32-34)23(13-26(35)36)20-8-7-18(2)21(12-20)14-33-15-29(16-39-17-29)40-28-25(41(33,37)38)6-5-11-30-28/h5-12,23,37-38H,4,13-17H2,1-3H3,(H,35,36). The molecule has 0 amide bonds. The van der Waals surface area contributed by atoms with Gasteiger partial charge in [-0.2, -0.15) is 4.31 Å². The number of aromatic nitrogens is 4. The molecule has 1 unspecified atom stereocenters. The number of rotatable bonds is 7. The Bertz CT molecular complexity index is 1640. The van der Waals surface area contributed by atoms with Crippen LogP contribution in [-0.4, -0.2) is 69.8 Å². The van der Waals surface area contributed by atoms with Crippen molar-refractivity contribution in [2.24, 2.45) is 0 Å². The van der Waals surface area contributed by atoms with Crippen molar-refractivity contribution in [3.05, 3.63) is 76.5 Å². The largest absolute Gasteiger partial charge is 0.481 e. The highest BCUT2D eigenvalue weighted by Gasteiger charge is 2.49. The van der Waals surface area contributed by atoms with Gasteiger partial charge < -0.3 is 14.6 Å². The molecular weight excluding hydrogens is 546 g/mol. The van der Waals surface area contributed by atoms with Crippen molar-refractivity contribution in [3.63, 3.8) is 0 Å². The van der Waals surface area contributed by atoms with Crippen LogP contribution in [0.2, 0.25) is 0 Å². The molecule has 0 bridgehead atoms. The van der Waals surface area contributed by atoms with E-state index in [0.717, 1.165) is 38.9 Å². The Balaban J connectivity index is 1.39. The van der Waals surface area contributed by atoms with Gasteiger partial charge in [-0.3, -0.25) is 13.9 Å². The number of ether oxygens (including phenoxy) is 2. The van der Waals surface area contributed by atoms with E-state index in [-0.39, 0.29) is 30.3 Å². The van der Waals surface area contributed by atoms with Crippen molar-refractivity contribution in [1.82, 2.24) is 24.3 Å². The molecule has 11 nitrogen and oxygen atoms in total. The number of carboxylic acid groups (broad SMARTS) is 1. The zero-order valence-electron chi connectivity index (χ0n) is 23.1. The number of carbonyl (C=O) groups is 1. The molecule has 0 aliphatic carbocycles. The minimum Gasteiger partial charge on any atom is -0.481 e. The van der Waals surface area contributed by atoms with Crippen molar-refractivity contribution in [3.8, 4) is 5.88 Å². The van der Waals surface area contributed by atoms with Gasteiger partial charge in [0, 0.05) is 25.2 Å². The molecule has 3 N–H and O–H groups in total. The number of hydrogen-bond acceptors (Lipinski definition) is 9. The lowest BCUT2D eigenvalue weighted by atomic mass is 9.84. The molecule has 0 radical (unpaired) electrons. The van der Waals surface area contributed by atoms with E-state index in [1.807, 2.05) is 55.8 Å². The van der Waals surface area contributed by atoms with E-state index in [1.54, 1.807) is 22.6 Å². The average Bonchev–Trinajstić information content (AvgIpc) is 3.31. The minimum atomic E-state index is -3.44. The van der Waals surface area contributed by atoms with Crippen LogP contribution in [0.3, 0.4) is 0 Å². The average molecular weight is 580 g/mol. The zero-order chi connectivity index (χ0) is 28.9. The molecule has 1 atom stereocenters. The third-order valence-corrected chi connectivity index (χ3v) is 9.94. The van der Waals surface area contributed by atoms with Crippen LogP contribution in [0.4, 0.5) is 0 Å². The van der Waals surface area contributed by atoms with Crippen LogP contribution in [0.5, 0.6) is 5.88 Å². The van der Waals surface area contributed by atoms with Gasteiger partial charge in [0.15, 0.2) is 5.60 Å². The molecular formula is C29H33N5O6S. The number of benzene rings is 2. The Hall–Kier alpha value is -3.55. The highest BCUT2D eigenvalue weighted by molar-refractivity contribution is 8.22. The summed E-state index contributed by atoms with van der Waals surface area (Å²) >= 11 is 0. The summed E-state index contributed by atoms with van der Waals surface area (Å²) in [5.41, 5.74) is 5.33. The van der Waals surface area contributed by atoms with Crippen LogP contribution in [0.25, 0.3) is 11.0 Å². The predicted octanol–water partition coefficient (Wildman–Crippen LogP) is 4.76. The maximum absolute atomic E-state index is 12.1. The second-order valence-corrected chi connectivity index (χ2v) is 12.8. The Kier molecular flexibility index (Phi) is 6.99. The fourth-order valence-electron chi connectivity index (χ4n) is 5.72. The molecule has 2 aliphatic rings. The van der Waals surface area contributed by atoms with Gasteiger partial charge in [0.1, 0.15) is 10.4 Å². The van der Waals surface area contributed by atoms with Crippen molar-refractivity contribution in [1.29, 1.82) is 0 Å². The minimum absolute atomic E-state index is 0.108. The fraction of sp³-hybridized carbons (Fsp3) is 0.379. The number of carboxylic acids is 1. The second kappa shape index (κ2) is 10.4. The lowest BCUT2D eigenvalue weighted by Gasteiger charge is -2.46. The van der Waals surface area contributed by atoms with Crippen LogP contribution in [-0.2, 0) is 22.6 Å². The smallest absolute Gasteiger partial charge is 0.304 e. The van der Waals surface area contributed by atoms with E-state index in [4.69, 9.17) is 9.47 Å². The Morgan fingerprint density at radius 1 is 1.17 bits per heavy atom. The van der Waals surface area contributed by atoms with E-state index >= 15 is 0 Å². The third kappa shape index (κ3) is 4.85. The molecule has 216 valence electrons. The first-order valence-corrected chi connectivity index (χ1v) is 15.0. The molecule has 2 aromatic heterocycles. The quantitative estimate of drug-likeness (QED) is 0.280. The number of hydrogen-bond donors (Lipinski definition) is 3. The van der Waals surface area contributed by atoms with Gasteiger partial charge in [0.25, 0.3) is 0 Å². The first-order chi connectivity index (χ1) is 19.6. The topological polar surface area (TPSA) is 143 Å². The SMILES string of the molecule is CCn1nnc2c(C)c(C(CC(=O)O)c3ccc(C)c(CN4CC5(COC5)Oc5ncccc5S4(O)O)c3)ccc21. The monoisotopic (exact) mass is 579 g/mol. The van der Waals surface area contributed by atoms with Gasteiger partial charge >= 0.3 is 5.97 Å². The lowest BCUT2D eigenvalue weighted by molar-refractivity contribution is -0.167. The number of aliphatic carboxylic acids is 1. The third-order valence-electron chi connectivity index (χ3n) is 8.06. The van der Waals surface area contributed by atoms with E-state index in [9.17, 15) is 19.0 Å². The van der Waals surface area contributed by atoms with Crippen LogP contribution in [0.1, 0.15) is 47.1 Å². The van der Waals surface area contributed by atoms with Crippen molar-refractivity contribution < 1.29 is 28.5 Å². The summed E-state index contributed by atoms with van der Waals surface area (Å²) in [6, 6.07) is 13.1. The molecule has 1 spiro atoms. The molecule has 12 heteroatoms.